The maximum Gasteiger partial charge on any atom is 0.217 e. The van der Waals surface area contributed by atoms with Crippen LogP contribution in [0.5, 0.6) is 5.75 Å². The maximum atomic E-state index is 10.9. The smallest absolute Gasteiger partial charge is 0.217 e. The van der Waals surface area contributed by atoms with Crippen LogP contribution in [0.3, 0.4) is 0 Å². The van der Waals surface area contributed by atoms with Crippen molar-refractivity contribution < 1.29 is 9.53 Å². The van der Waals surface area contributed by atoms with Gasteiger partial charge in [0.15, 0.2) is 0 Å². The Morgan fingerprint density at radius 1 is 1.50 bits per heavy atom. The lowest BCUT2D eigenvalue weighted by Gasteiger charge is -2.13. The molecule has 0 saturated heterocycles. The number of amides is 1. The molecule has 0 aliphatic heterocycles. The van der Waals surface area contributed by atoms with E-state index in [1.54, 1.807) is 7.11 Å². The number of carbonyl (C=O) groups excluding carboxylic acids is 1. The van der Waals surface area contributed by atoms with Crippen molar-refractivity contribution in [2.75, 3.05) is 7.11 Å². The van der Waals surface area contributed by atoms with Gasteiger partial charge < -0.3 is 10.1 Å². The van der Waals surface area contributed by atoms with Gasteiger partial charge in [0.1, 0.15) is 5.75 Å². The zero-order valence-electron chi connectivity index (χ0n) is 10.3. The first-order valence-corrected chi connectivity index (χ1v) is 5.43. The van der Waals surface area contributed by atoms with Crippen LogP contribution in [0.2, 0.25) is 0 Å². The van der Waals surface area contributed by atoms with Crippen LogP contribution in [0.4, 0.5) is 0 Å². The second-order valence-electron chi connectivity index (χ2n) is 4.11. The number of hydrogen-bond acceptors (Lipinski definition) is 2. The monoisotopic (exact) mass is 221 g/mol. The fourth-order valence-electron chi connectivity index (χ4n) is 1.82. The van der Waals surface area contributed by atoms with E-state index in [1.807, 2.05) is 26.0 Å². The van der Waals surface area contributed by atoms with Gasteiger partial charge in [-0.05, 0) is 37.5 Å². The van der Waals surface area contributed by atoms with E-state index < -0.39 is 0 Å². The first kappa shape index (κ1) is 12.6. The van der Waals surface area contributed by atoms with Gasteiger partial charge in [-0.1, -0.05) is 12.1 Å². The Labute approximate surface area is 96.8 Å². The van der Waals surface area contributed by atoms with Crippen molar-refractivity contribution in [2.24, 2.45) is 0 Å². The van der Waals surface area contributed by atoms with E-state index in [1.165, 1.54) is 12.5 Å². The molecule has 0 aliphatic carbocycles. The van der Waals surface area contributed by atoms with Crippen molar-refractivity contribution in [3.05, 3.63) is 29.3 Å². The molecule has 0 spiro atoms. The fraction of sp³-hybridized carbons (Fsp3) is 0.462. The molecule has 0 fully saturated rings. The lowest BCUT2D eigenvalue weighted by Crippen LogP contribution is -2.32. The number of rotatable bonds is 4. The van der Waals surface area contributed by atoms with Crippen molar-refractivity contribution >= 4 is 5.91 Å². The number of carbonyl (C=O) groups is 1. The summed E-state index contributed by atoms with van der Waals surface area (Å²) in [6, 6.07) is 6.25. The molecular formula is C13H19NO2. The number of benzene rings is 1. The minimum atomic E-state index is 0.0118. The van der Waals surface area contributed by atoms with E-state index in [4.69, 9.17) is 4.74 Å². The van der Waals surface area contributed by atoms with Crippen LogP contribution in [0.1, 0.15) is 25.0 Å². The predicted octanol–water partition coefficient (Wildman–Crippen LogP) is 2.07. The first-order chi connectivity index (χ1) is 7.52. The Morgan fingerprint density at radius 3 is 2.69 bits per heavy atom. The highest BCUT2D eigenvalue weighted by Crippen LogP contribution is 2.19. The van der Waals surface area contributed by atoms with Crippen LogP contribution < -0.4 is 10.1 Å². The minimum absolute atomic E-state index is 0.0118. The van der Waals surface area contributed by atoms with Crippen molar-refractivity contribution in [1.82, 2.24) is 5.32 Å². The molecular weight excluding hydrogens is 202 g/mol. The van der Waals surface area contributed by atoms with Crippen LogP contribution in [0.15, 0.2) is 18.2 Å². The molecule has 0 aliphatic rings. The highest BCUT2D eigenvalue weighted by atomic mass is 16.5. The van der Waals surface area contributed by atoms with Crippen LogP contribution in [0, 0.1) is 6.92 Å². The summed E-state index contributed by atoms with van der Waals surface area (Å²) in [4.78, 5) is 10.9. The minimum Gasteiger partial charge on any atom is -0.496 e. The summed E-state index contributed by atoms with van der Waals surface area (Å²) in [6.45, 7) is 5.56. The lowest BCUT2D eigenvalue weighted by molar-refractivity contribution is -0.119. The van der Waals surface area contributed by atoms with Gasteiger partial charge in [0, 0.05) is 13.0 Å². The molecule has 1 rings (SSSR count). The summed E-state index contributed by atoms with van der Waals surface area (Å²) in [5.74, 6) is 0.911. The highest BCUT2D eigenvalue weighted by molar-refractivity contribution is 5.73. The average Bonchev–Trinajstić information content (AvgIpc) is 2.16. The first-order valence-electron chi connectivity index (χ1n) is 5.43. The lowest BCUT2D eigenvalue weighted by atomic mass is 10.0. The van der Waals surface area contributed by atoms with Crippen molar-refractivity contribution in [3.8, 4) is 5.75 Å². The molecule has 0 saturated carbocycles. The molecule has 1 N–H and O–H groups in total. The van der Waals surface area contributed by atoms with Crippen molar-refractivity contribution in [3.63, 3.8) is 0 Å². The quantitative estimate of drug-likeness (QED) is 0.845. The number of hydrogen-bond donors (Lipinski definition) is 1. The fourth-order valence-corrected chi connectivity index (χ4v) is 1.82. The Morgan fingerprint density at radius 2 is 2.19 bits per heavy atom. The summed E-state index contributed by atoms with van der Waals surface area (Å²) in [7, 11) is 1.67. The van der Waals surface area contributed by atoms with E-state index in [-0.39, 0.29) is 11.9 Å². The number of aryl methyl sites for hydroxylation is 1. The summed E-state index contributed by atoms with van der Waals surface area (Å²) >= 11 is 0. The van der Waals surface area contributed by atoms with E-state index in [0.29, 0.717) is 0 Å². The largest absolute Gasteiger partial charge is 0.496 e. The topological polar surface area (TPSA) is 38.3 Å². The molecule has 16 heavy (non-hydrogen) atoms. The van der Waals surface area contributed by atoms with Crippen molar-refractivity contribution in [2.45, 2.75) is 33.2 Å². The molecule has 1 amide bonds. The standard InChI is InChI=1S/C13H19NO2/c1-9-7-12(5-6-13(9)16-4)8-10(2)14-11(3)15/h5-7,10H,8H2,1-4H3,(H,14,15)/t10-/m0/s1. The summed E-state index contributed by atoms with van der Waals surface area (Å²) in [6.07, 6.45) is 0.838. The van der Waals surface area contributed by atoms with Crippen molar-refractivity contribution in [1.29, 1.82) is 0 Å². The predicted molar refractivity (Wildman–Crippen MR) is 64.7 cm³/mol. The molecule has 0 radical (unpaired) electrons. The third-order valence-corrected chi connectivity index (χ3v) is 2.45. The van der Waals surface area contributed by atoms with Gasteiger partial charge >= 0.3 is 0 Å². The van der Waals surface area contributed by atoms with E-state index in [2.05, 4.69) is 11.4 Å². The Balaban J connectivity index is 2.67. The van der Waals surface area contributed by atoms with Gasteiger partial charge in [-0.3, -0.25) is 4.79 Å². The second-order valence-corrected chi connectivity index (χ2v) is 4.11. The molecule has 1 aromatic carbocycles. The second kappa shape index (κ2) is 5.54. The van der Waals surface area contributed by atoms with Crippen LogP contribution >= 0.6 is 0 Å². The van der Waals surface area contributed by atoms with Gasteiger partial charge in [-0.2, -0.15) is 0 Å². The number of nitrogens with one attached hydrogen (secondary N) is 1. The molecule has 0 unspecified atom stereocenters. The maximum absolute atomic E-state index is 10.9. The van der Waals surface area contributed by atoms with Crippen LogP contribution in [-0.2, 0) is 11.2 Å². The molecule has 1 aromatic rings. The van der Waals surface area contributed by atoms with Gasteiger partial charge in [0.25, 0.3) is 0 Å². The zero-order chi connectivity index (χ0) is 12.1. The van der Waals surface area contributed by atoms with Crippen LogP contribution in [0.25, 0.3) is 0 Å². The van der Waals surface area contributed by atoms with Gasteiger partial charge in [0.05, 0.1) is 7.11 Å². The summed E-state index contributed by atoms with van der Waals surface area (Å²) in [5, 5.41) is 2.87. The molecule has 0 heterocycles. The third-order valence-electron chi connectivity index (χ3n) is 2.45. The molecule has 0 aromatic heterocycles. The number of methoxy groups -OCH3 is 1. The van der Waals surface area contributed by atoms with Gasteiger partial charge in [0.2, 0.25) is 5.91 Å². The highest BCUT2D eigenvalue weighted by Gasteiger charge is 2.06. The molecule has 3 nitrogen and oxygen atoms in total. The summed E-state index contributed by atoms with van der Waals surface area (Å²) < 4.78 is 5.20. The Kier molecular flexibility index (Phi) is 4.35. The van der Waals surface area contributed by atoms with E-state index >= 15 is 0 Å². The van der Waals surface area contributed by atoms with Gasteiger partial charge in [-0.15, -0.1) is 0 Å². The molecule has 88 valence electrons. The van der Waals surface area contributed by atoms with E-state index in [9.17, 15) is 4.79 Å². The number of ether oxygens (including phenoxy) is 1. The SMILES string of the molecule is COc1ccc(C[C@H](C)NC(C)=O)cc1C. The molecule has 1 atom stereocenters. The normalized spacial score (nSPS) is 12.0. The Hall–Kier alpha value is -1.51. The molecule has 3 heteroatoms. The summed E-state index contributed by atoms with van der Waals surface area (Å²) in [5.41, 5.74) is 2.33. The van der Waals surface area contributed by atoms with Gasteiger partial charge in [-0.25, -0.2) is 0 Å². The Bertz CT molecular complexity index is 374. The zero-order valence-corrected chi connectivity index (χ0v) is 10.3. The van der Waals surface area contributed by atoms with Crippen LogP contribution in [-0.4, -0.2) is 19.1 Å². The molecule has 0 bridgehead atoms. The third kappa shape index (κ3) is 3.57. The van der Waals surface area contributed by atoms with E-state index in [0.717, 1.165) is 17.7 Å². The average molecular weight is 221 g/mol.